The molecule has 1 saturated heterocycles. The van der Waals surface area contributed by atoms with E-state index in [4.69, 9.17) is 21.4 Å². The molecule has 0 bridgehead atoms. The van der Waals surface area contributed by atoms with Crippen molar-refractivity contribution in [2.75, 3.05) is 13.1 Å². The number of aromatic nitrogens is 3. The standard InChI is InChI=1S/C20H23ClN4O/c1-24-19-7-4-6-17(21)20(19)18(23-24)13-25-11-8-16(9-12-25)26-14-15-5-2-3-10-22-15/h2-7,10,16H,8-9,11-14H2,1H3. The van der Waals surface area contributed by atoms with E-state index in [0.29, 0.717) is 12.7 Å². The van der Waals surface area contributed by atoms with Gasteiger partial charge in [-0.3, -0.25) is 14.6 Å². The van der Waals surface area contributed by atoms with E-state index < -0.39 is 0 Å². The summed E-state index contributed by atoms with van der Waals surface area (Å²) in [5.41, 5.74) is 3.13. The maximum absolute atomic E-state index is 6.42. The molecule has 2 aromatic heterocycles. The van der Waals surface area contributed by atoms with Crippen molar-refractivity contribution in [3.63, 3.8) is 0 Å². The van der Waals surface area contributed by atoms with E-state index in [1.54, 1.807) is 0 Å². The number of rotatable bonds is 5. The zero-order valence-electron chi connectivity index (χ0n) is 14.9. The van der Waals surface area contributed by atoms with Gasteiger partial charge in [0, 0.05) is 38.3 Å². The van der Waals surface area contributed by atoms with Crippen LogP contribution in [0.4, 0.5) is 0 Å². The third kappa shape index (κ3) is 3.75. The van der Waals surface area contributed by atoms with Crippen molar-refractivity contribution >= 4 is 22.5 Å². The van der Waals surface area contributed by atoms with Crippen molar-refractivity contribution in [1.29, 1.82) is 0 Å². The Morgan fingerprint density at radius 3 is 2.77 bits per heavy atom. The summed E-state index contributed by atoms with van der Waals surface area (Å²) in [5.74, 6) is 0. The maximum Gasteiger partial charge on any atom is 0.0891 e. The molecule has 3 aromatic rings. The number of aryl methyl sites for hydroxylation is 1. The highest BCUT2D eigenvalue weighted by molar-refractivity contribution is 6.35. The van der Waals surface area contributed by atoms with Gasteiger partial charge in [0.1, 0.15) is 0 Å². The summed E-state index contributed by atoms with van der Waals surface area (Å²) in [7, 11) is 1.97. The molecule has 6 heteroatoms. The highest BCUT2D eigenvalue weighted by Gasteiger charge is 2.22. The van der Waals surface area contributed by atoms with Gasteiger partial charge in [0.2, 0.25) is 0 Å². The first kappa shape index (κ1) is 17.5. The lowest BCUT2D eigenvalue weighted by Crippen LogP contribution is -2.36. The summed E-state index contributed by atoms with van der Waals surface area (Å²) in [6, 6.07) is 11.9. The molecule has 0 spiro atoms. The second-order valence-electron chi connectivity index (χ2n) is 6.81. The van der Waals surface area contributed by atoms with E-state index in [9.17, 15) is 0 Å². The van der Waals surface area contributed by atoms with Gasteiger partial charge in [-0.25, -0.2) is 0 Å². The molecule has 3 heterocycles. The minimum Gasteiger partial charge on any atom is -0.372 e. The number of nitrogens with zero attached hydrogens (tertiary/aromatic N) is 4. The number of benzene rings is 1. The minimum absolute atomic E-state index is 0.303. The number of pyridine rings is 1. The number of fused-ring (bicyclic) bond motifs is 1. The number of ether oxygens (including phenoxy) is 1. The molecule has 0 saturated carbocycles. The molecule has 0 unspecified atom stereocenters. The Balaban J connectivity index is 1.34. The van der Waals surface area contributed by atoms with Gasteiger partial charge >= 0.3 is 0 Å². The lowest BCUT2D eigenvalue weighted by Gasteiger charge is -2.31. The van der Waals surface area contributed by atoms with Crippen LogP contribution in [0.25, 0.3) is 10.9 Å². The molecule has 0 radical (unpaired) electrons. The van der Waals surface area contributed by atoms with Crippen molar-refractivity contribution in [2.24, 2.45) is 7.05 Å². The van der Waals surface area contributed by atoms with Gasteiger partial charge in [0.05, 0.1) is 34.6 Å². The normalized spacial score (nSPS) is 16.4. The number of hydrogen-bond donors (Lipinski definition) is 0. The maximum atomic E-state index is 6.42. The van der Waals surface area contributed by atoms with Gasteiger partial charge in [0.15, 0.2) is 0 Å². The van der Waals surface area contributed by atoms with Crippen LogP contribution in [0.15, 0.2) is 42.6 Å². The van der Waals surface area contributed by atoms with E-state index in [-0.39, 0.29) is 0 Å². The van der Waals surface area contributed by atoms with Crippen LogP contribution in [-0.4, -0.2) is 38.9 Å². The summed E-state index contributed by atoms with van der Waals surface area (Å²) in [5, 5.41) is 6.54. The van der Waals surface area contributed by atoms with E-state index in [1.807, 2.05) is 48.3 Å². The first-order chi connectivity index (χ1) is 12.7. The molecule has 0 N–H and O–H groups in total. The van der Waals surface area contributed by atoms with Crippen LogP contribution in [0.1, 0.15) is 24.2 Å². The first-order valence-electron chi connectivity index (χ1n) is 9.04. The molecule has 4 rings (SSSR count). The molecule has 1 fully saturated rings. The van der Waals surface area contributed by atoms with Crippen LogP contribution in [0, 0.1) is 0 Å². The van der Waals surface area contributed by atoms with Crippen LogP contribution in [0.2, 0.25) is 5.02 Å². The fraction of sp³-hybridized carbons (Fsp3) is 0.400. The second-order valence-corrected chi connectivity index (χ2v) is 7.22. The monoisotopic (exact) mass is 370 g/mol. The molecule has 0 atom stereocenters. The Morgan fingerprint density at radius 1 is 1.15 bits per heavy atom. The van der Waals surface area contributed by atoms with Crippen molar-refractivity contribution in [1.82, 2.24) is 19.7 Å². The first-order valence-corrected chi connectivity index (χ1v) is 9.42. The highest BCUT2D eigenvalue weighted by Crippen LogP contribution is 2.28. The Hall–Kier alpha value is -1.95. The average molecular weight is 371 g/mol. The van der Waals surface area contributed by atoms with Crippen LogP contribution >= 0.6 is 11.6 Å². The van der Waals surface area contributed by atoms with Gasteiger partial charge in [-0.2, -0.15) is 5.10 Å². The summed E-state index contributed by atoms with van der Waals surface area (Å²) < 4.78 is 7.95. The molecule has 0 aliphatic carbocycles. The third-order valence-electron chi connectivity index (χ3n) is 5.00. The van der Waals surface area contributed by atoms with Gasteiger partial charge < -0.3 is 4.74 Å². The number of likely N-dealkylation sites (tertiary alicyclic amines) is 1. The number of hydrogen-bond acceptors (Lipinski definition) is 4. The summed E-state index contributed by atoms with van der Waals surface area (Å²) in [4.78, 5) is 6.75. The van der Waals surface area contributed by atoms with Gasteiger partial charge in [-0.15, -0.1) is 0 Å². The van der Waals surface area contributed by atoms with E-state index in [2.05, 4.69) is 16.0 Å². The highest BCUT2D eigenvalue weighted by atomic mass is 35.5. The van der Waals surface area contributed by atoms with Crippen molar-refractivity contribution in [2.45, 2.75) is 32.1 Å². The Bertz CT molecular complexity index is 872. The van der Waals surface area contributed by atoms with Crippen molar-refractivity contribution < 1.29 is 4.74 Å². The Kier molecular flexibility index (Phi) is 5.20. The zero-order valence-corrected chi connectivity index (χ0v) is 15.7. The van der Waals surface area contributed by atoms with Gasteiger partial charge in [-0.1, -0.05) is 23.7 Å². The molecule has 1 aliphatic heterocycles. The molecule has 0 amide bonds. The van der Waals surface area contributed by atoms with E-state index in [1.165, 1.54) is 0 Å². The van der Waals surface area contributed by atoms with E-state index in [0.717, 1.165) is 59.8 Å². The fourth-order valence-corrected chi connectivity index (χ4v) is 3.87. The molecule has 1 aromatic carbocycles. The minimum atomic E-state index is 0.303. The van der Waals surface area contributed by atoms with Crippen molar-refractivity contribution in [3.05, 3.63) is 59.0 Å². The fourth-order valence-electron chi connectivity index (χ4n) is 3.60. The topological polar surface area (TPSA) is 43.2 Å². The smallest absolute Gasteiger partial charge is 0.0891 e. The van der Waals surface area contributed by atoms with Crippen LogP contribution in [-0.2, 0) is 24.9 Å². The van der Waals surface area contributed by atoms with E-state index >= 15 is 0 Å². The molecular formula is C20H23ClN4O. The van der Waals surface area contributed by atoms with Crippen LogP contribution < -0.4 is 0 Å². The summed E-state index contributed by atoms with van der Waals surface area (Å²) in [6.45, 7) is 3.44. The largest absolute Gasteiger partial charge is 0.372 e. The lowest BCUT2D eigenvalue weighted by molar-refractivity contribution is -0.00538. The summed E-state index contributed by atoms with van der Waals surface area (Å²) in [6.07, 6.45) is 4.18. The quantitative estimate of drug-likeness (QED) is 0.685. The molecule has 5 nitrogen and oxygen atoms in total. The molecule has 26 heavy (non-hydrogen) atoms. The third-order valence-corrected chi connectivity index (χ3v) is 5.32. The van der Waals surface area contributed by atoms with Crippen LogP contribution in [0.5, 0.6) is 0 Å². The van der Waals surface area contributed by atoms with Crippen LogP contribution in [0.3, 0.4) is 0 Å². The Morgan fingerprint density at radius 2 is 2.00 bits per heavy atom. The SMILES string of the molecule is Cn1nc(CN2CCC(OCc3ccccn3)CC2)c2c(Cl)cccc21. The lowest BCUT2D eigenvalue weighted by atomic mass is 10.1. The number of halogens is 1. The predicted octanol–water partition coefficient (Wildman–Crippen LogP) is 3.80. The van der Waals surface area contributed by atoms with Crippen molar-refractivity contribution in [3.8, 4) is 0 Å². The second kappa shape index (κ2) is 7.74. The van der Waals surface area contributed by atoms with Gasteiger partial charge in [-0.05, 0) is 37.1 Å². The molecule has 136 valence electrons. The molecule has 1 aliphatic rings. The Labute approximate surface area is 158 Å². The summed E-state index contributed by atoms with van der Waals surface area (Å²) >= 11 is 6.42. The number of piperidine rings is 1. The average Bonchev–Trinajstić information content (AvgIpc) is 2.99. The molecular weight excluding hydrogens is 348 g/mol. The zero-order chi connectivity index (χ0) is 17.9. The van der Waals surface area contributed by atoms with Gasteiger partial charge in [0.25, 0.3) is 0 Å². The predicted molar refractivity (Wildman–Crippen MR) is 103 cm³/mol.